The standard InChI is InChI=1S/C23H23F3N8O/c1-31-16(11-17(28-31)23(24,25)26)20-14-10-12-6-4-8-15(18(14)29-32(20)2)34(12)22(35)19-13-7-5-9-27-21(13)33(3)30-19/h5,7,9,11-12,15H,4,6,8,10H2,1-3H3. The van der Waals surface area contributed by atoms with Crippen molar-refractivity contribution in [2.75, 3.05) is 0 Å². The predicted molar refractivity (Wildman–Crippen MR) is 119 cm³/mol. The monoisotopic (exact) mass is 484 g/mol. The molecule has 2 unspecified atom stereocenters. The Hall–Kier alpha value is -3.70. The highest BCUT2D eigenvalue weighted by molar-refractivity contribution is 6.04. The van der Waals surface area contributed by atoms with Crippen LogP contribution in [0.25, 0.3) is 22.4 Å². The van der Waals surface area contributed by atoms with Crippen LogP contribution in [0, 0.1) is 0 Å². The van der Waals surface area contributed by atoms with E-state index in [-0.39, 0.29) is 18.0 Å². The smallest absolute Gasteiger partial charge is 0.325 e. The molecule has 1 amide bonds. The Morgan fingerprint density at radius 1 is 1.06 bits per heavy atom. The molecule has 1 saturated heterocycles. The van der Waals surface area contributed by atoms with Gasteiger partial charge in [0.25, 0.3) is 5.91 Å². The molecule has 35 heavy (non-hydrogen) atoms. The van der Waals surface area contributed by atoms with Crippen LogP contribution < -0.4 is 0 Å². The molecule has 0 saturated carbocycles. The van der Waals surface area contributed by atoms with Crippen LogP contribution in [0.1, 0.15) is 52.7 Å². The van der Waals surface area contributed by atoms with E-state index in [1.807, 2.05) is 11.0 Å². The minimum atomic E-state index is -4.53. The van der Waals surface area contributed by atoms with Crippen LogP contribution in [0.4, 0.5) is 13.2 Å². The zero-order valence-electron chi connectivity index (χ0n) is 19.4. The highest BCUT2D eigenvalue weighted by Crippen LogP contribution is 2.45. The van der Waals surface area contributed by atoms with Gasteiger partial charge < -0.3 is 4.90 Å². The molecular formula is C23H23F3N8O. The molecule has 9 nitrogen and oxygen atoms in total. The van der Waals surface area contributed by atoms with Gasteiger partial charge in [-0.05, 0) is 43.9 Å². The molecule has 1 fully saturated rings. The minimum absolute atomic E-state index is 0.0965. The molecule has 0 radical (unpaired) electrons. The van der Waals surface area contributed by atoms with E-state index in [2.05, 4.69) is 15.2 Å². The van der Waals surface area contributed by atoms with Gasteiger partial charge in [-0.25, -0.2) is 9.67 Å². The molecule has 4 aromatic heterocycles. The van der Waals surface area contributed by atoms with E-state index in [4.69, 9.17) is 5.10 Å². The van der Waals surface area contributed by atoms with Crippen LogP contribution in [0.5, 0.6) is 0 Å². The first-order chi connectivity index (χ1) is 16.6. The highest BCUT2D eigenvalue weighted by atomic mass is 19.4. The molecule has 0 N–H and O–H groups in total. The summed E-state index contributed by atoms with van der Waals surface area (Å²) < 4.78 is 44.4. The number of fused-ring (bicyclic) bond motifs is 5. The number of aromatic nitrogens is 7. The van der Waals surface area contributed by atoms with Crippen molar-refractivity contribution in [3.8, 4) is 11.4 Å². The lowest BCUT2D eigenvalue weighted by molar-refractivity contribution is -0.141. The van der Waals surface area contributed by atoms with Crippen molar-refractivity contribution in [3.05, 3.63) is 47.0 Å². The zero-order chi connectivity index (χ0) is 24.6. The van der Waals surface area contributed by atoms with Crippen molar-refractivity contribution in [1.82, 2.24) is 39.2 Å². The summed E-state index contributed by atoms with van der Waals surface area (Å²) in [4.78, 5) is 20.0. The number of alkyl halides is 3. The number of hydrogen-bond acceptors (Lipinski definition) is 5. The van der Waals surface area contributed by atoms with Gasteiger partial charge in [-0.1, -0.05) is 0 Å². The molecule has 182 valence electrons. The van der Waals surface area contributed by atoms with Crippen LogP contribution in [0.15, 0.2) is 24.4 Å². The number of hydrogen-bond donors (Lipinski definition) is 0. The molecule has 6 rings (SSSR count). The number of pyridine rings is 1. The summed E-state index contributed by atoms with van der Waals surface area (Å²) in [6.45, 7) is 0. The topological polar surface area (TPSA) is 86.7 Å². The van der Waals surface area contributed by atoms with Gasteiger partial charge in [-0.2, -0.15) is 28.5 Å². The fourth-order valence-corrected chi connectivity index (χ4v) is 5.67. The third kappa shape index (κ3) is 3.18. The summed E-state index contributed by atoms with van der Waals surface area (Å²) in [5, 5.41) is 13.6. The number of aryl methyl sites for hydroxylation is 3. The maximum Gasteiger partial charge on any atom is 0.435 e. The van der Waals surface area contributed by atoms with E-state index in [0.717, 1.165) is 36.6 Å². The Kier molecular flexibility index (Phi) is 4.61. The fourth-order valence-electron chi connectivity index (χ4n) is 5.67. The molecule has 0 aromatic carbocycles. The summed E-state index contributed by atoms with van der Waals surface area (Å²) >= 11 is 0. The third-order valence-corrected chi connectivity index (χ3v) is 7.12. The van der Waals surface area contributed by atoms with E-state index in [1.165, 1.54) is 11.7 Å². The number of amides is 1. The van der Waals surface area contributed by atoms with Crippen LogP contribution >= 0.6 is 0 Å². The lowest BCUT2D eigenvalue weighted by atomic mass is 9.82. The van der Waals surface area contributed by atoms with Gasteiger partial charge in [0.2, 0.25) is 0 Å². The van der Waals surface area contributed by atoms with Gasteiger partial charge in [0.1, 0.15) is 0 Å². The lowest BCUT2D eigenvalue weighted by Gasteiger charge is -2.45. The van der Waals surface area contributed by atoms with Gasteiger partial charge >= 0.3 is 6.18 Å². The maximum atomic E-state index is 13.8. The summed E-state index contributed by atoms with van der Waals surface area (Å²) in [6, 6.07) is 4.32. The molecule has 2 aliphatic rings. The van der Waals surface area contributed by atoms with Crippen molar-refractivity contribution in [2.45, 2.75) is 43.9 Å². The summed E-state index contributed by atoms with van der Waals surface area (Å²) in [7, 11) is 4.99. The number of halogens is 3. The summed E-state index contributed by atoms with van der Waals surface area (Å²) in [5.41, 5.74) is 2.64. The molecular weight excluding hydrogens is 461 g/mol. The van der Waals surface area contributed by atoms with Gasteiger partial charge in [0.15, 0.2) is 17.0 Å². The molecule has 0 aliphatic carbocycles. The third-order valence-electron chi connectivity index (χ3n) is 7.12. The number of rotatable bonds is 2. The van der Waals surface area contributed by atoms with Crippen LogP contribution in [-0.4, -0.2) is 51.2 Å². The maximum absolute atomic E-state index is 13.8. The first-order valence-corrected chi connectivity index (χ1v) is 11.4. The minimum Gasteiger partial charge on any atom is -0.325 e. The Morgan fingerprint density at radius 2 is 1.86 bits per heavy atom. The first kappa shape index (κ1) is 21.8. The zero-order valence-corrected chi connectivity index (χ0v) is 19.4. The number of nitrogens with zero attached hydrogens (tertiary/aromatic N) is 8. The molecule has 0 spiro atoms. The van der Waals surface area contributed by atoms with Crippen molar-refractivity contribution in [1.29, 1.82) is 0 Å². The van der Waals surface area contributed by atoms with Crippen molar-refractivity contribution in [2.24, 2.45) is 21.1 Å². The summed E-state index contributed by atoms with van der Waals surface area (Å²) in [6.07, 6.45) is 0.119. The van der Waals surface area contributed by atoms with Gasteiger partial charge in [0, 0.05) is 38.9 Å². The molecule has 4 aromatic rings. The van der Waals surface area contributed by atoms with Gasteiger partial charge in [0.05, 0.1) is 28.5 Å². The molecule has 2 aliphatic heterocycles. The normalized spacial score (nSPS) is 19.9. The summed E-state index contributed by atoms with van der Waals surface area (Å²) in [5.74, 6) is -0.170. The largest absolute Gasteiger partial charge is 0.435 e. The number of piperidine rings is 1. The Morgan fingerprint density at radius 3 is 2.60 bits per heavy atom. The van der Waals surface area contributed by atoms with Crippen molar-refractivity contribution < 1.29 is 18.0 Å². The van der Waals surface area contributed by atoms with E-state index < -0.39 is 11.9 Å². The Labute approximate surface area is 198 Å². The van der Waals surface area contributed by atoms with E-state index in [9.17, 15) is 18.0 Å². The molecule has 6 heterocycles. The Balaban J connectivity index is 1.44. The number of carbonyl (C=O) groups is 1. The SMILES string of the molecule is Cn1nc(C(F)(F)F)cc1-c1c2c(nn1C)C1CCCC(C2)N1C(=O)c1nn(C)c2ncccc12. The van der Waals surface area contributed by atoms with Gasteiger partial charge in [-0.15, -0.1) is 0 Å². The second kappa shape index (κ2) is 7.40. The van der Waals surface area contributed by atoms with Crippen LogP contribution in [0.3, 0.4) is 0 Å². The van der Waals surface area contributed by atoms with Gasteiger partial charge in [-0.3, -0.25) is 14.2 Å². The van der Waals surface area contributed by atoms with Crippen molar-refractivity contribution >= 4 is 16.9 Å². The lowest BCUT2D eigenvalue weighted by Crippen LogP contribution is -2.50. The Bertz CT molecular complexity index is 1480. The quantitative estimate of drug-likeness (QED) is 0.435. The van der Waals surface area contributed by atoms with E-state index in [0.29, 0.717) is 34.5 Å². The van der Waals surface area contributed by atoms with Crippen LogP contribution in [0.2, 0.25) is 0 Å². The van der Waals surface area contributed by atoms with Crippen LogP contribution in [-0.2, 0) is 33.7 Å². The fraction of sp³-hybridized carbons (Fsp3) is 0.435. The highest BCUT2D eigenvalue weighted by Gasteiger charge is 2.45. The average molecular weight is 484 g/mol. The van der Waals surface area contributed by atoms with E-state index in [1.54, 1.807) is 35.7 Å². The molecule has 12 heteroatoms. The predicted octanol–water partition coefficient (Wildman–Crippen LogP) is 3.41. The second-order valence-electron chi connectivity index (χ2n) is 9.24. The first-order valence-electron chi connectivity index (χ1n) is 11.4. The molecule has 2 atom stereocenters. The molecule has 2 bridgehead atoms. The van der Waals surface area contributed by atoms with E-state index >= 15 is 0 Å². The number of carbonyl (C=O) groups excluding carboxylic acids is 1. The second-order valence-corrected chi connectivity index (χ2v) is 9.24. The average Bonchev–Trinajstić information content (AvgIpc) is 3.46. The van der Waals surface area contributed by atoms with Crippen molar-refractivity contribution in [3.63, 3.8) is 0 Å².